The van der Waals surface area contributed by atoms with Gasteiger partial charge in [0, 0.05) is 45.0 Å². The van der Waals surface area contributed by atoms with Crippen molar-refractivity contribution in [3.8, 4) is 0 Å². The molecule has 12 heteroatoms. The molecule has 2 aromatic heterocycles. The smallest absolute Gasteiger partial charge is 0.383 e. The predicted molar refractivity (Wildman–Crippen MR) is 133 cm³/mol. The molecule has 0 unspecified atom stereocenters. The first-order valence-electron chi connectivity index (χ1n) is 11.8. The lowest BCUT2D eigenvalue weighted by molar-refractivity contribution is -0.140. The fraction of sp³-hybridized carbons (Fsp3) is 0.480. The maximum Gasteiger partial charge on any atom is 0.419 e. The molecule has 1 aromatic carbocycles. The van der Waals surface area contributed by atoms with Gasteiger partial charge in [0.15, 0.2) is 5.82 Å². The van der Waals surface area contributed by atoms with Crippen LogP contribution in [0.5, 0.6) is 0 Å². The van der Waals surface area contributed by atoms with Crippen LogP contribution in [0.2, 0.25) is 0 Å². The van der Waals surface area contributed by atoms with E-state index in [0.717, 1.165) is 23.6 Å². The summed E-state index contributed by atoms with van der Waals surface area (Å²) >= 11 is 0. The predicted octanol–water partition coefficient (Wildman–Crippen LogP) is 4.02. The summed E-state index contributed by atoms with van der Waals surface area (Å²) < 4.78 is 62.5. The van der Waals surface area contributed by atoms with E-state index in [2.05, 4.69) is 10.4 Å². The molecule has 8 nitrogen and oxygen atoms in total. The van der Waals surface area contributed by atoms with Crippen LogP contribution < -0.4 is 21.3 Å². The largest absolute Gasteiger partial charge is 0.419 e. The number of likely N-dealkylation sites (N-methyl/N-ethyl adjacent to an activating group) is 1. The van der Waals surface area contributed by atoms with Crippen LogP contribution >= 0.6 is 0 Å². The molecule has 1 atom stereocenters. The van der Waals surface area contributed by atoms with Gasteiger partial charge < -0.3 is 19.5 Å². The maximum atomic E-state index is 14.8. The Bertz CT molecular complexity index is 1460. The summed E-state index contributed by atoms with van der Waals surface area (Å²) in [5, 5.41) is 7.70. The van der Waals surface area contributed by atoms with E-state index in [1.807, 2.05) is 6.92 Å². The summed E-state index contributed by atoms with van der Waals surface area (Å²) in [5.74, 6) is -1.24. The first-order chi connectivity index (χ1) is 17.3. The van der Waals surface area contributed by atoms with Crippen molar-refractivity contribution < 1.29 is 22.3 Å². The molecule has 1 aliphatic rings. The van der Waals surface area contributed by atoms with E-state index in [0.29, 0.717) is 24.6 Å². The van der Waals surface area contributed by atoms with E-state index >= 15 is 0 Å². The van der Waals surface area contributed by atoms with Crippen molar-refractivity contribution in [3.63, 3.8) is 0 Å². The minimum Gasteiger partial charge on any atom is -0.383 e. The number of ether oxygens (including phenoxy) is 1. The molecule has 0 spiro atoms. The number of benzene rings is 1. The van der Waals surface area contributed by atoms with Crippen molar-refractivity contribution >= 4 is 22.3 Å². The van der Waals surface area contributed by atoms with Gasteiger partial charge in [-0.25, -0.2) is 9.07 Å². The monoisotopic (exact) mass is 523 g/mol. The average molecular weight is 524 g/mol. The second kappa shape index (κ2) is 9.47. The molecule has 2 heterocycles. The number of hydrogen-bond acceptors (Lipinski definition) is 6. The SMILES string of the molecule is COCCN(C)c1c(=O)n(C2(C)CC2)cc2c(N[C@H](C)c3cccc(C(F)(F)F)c3F)nn(C)c(=O)c12. The number of nitrogens with one attached hydrogen (secondary N) is 1. The number of pyridine rings is 1. The molecule has 37 heavy (non-hydrogen) atoms. The minimum absolute atomic E-state index is 0.112. The zero-order valence-corrected chi connectivity index (χ0v) is 21.2. The third-order valence-corrected chi connectivity index (χ3v) is 6.92. The summed E-state index contributed by atoms with van der Waals surface area (Å²) in [4.78, 5) is 28.5. The topological polar surface area (TPSA) is 81.4 Å². The van der Waals surface area contributed by atoms with E-state index in [1.54, 1.807) is 22.7 Å². The summed E-state index contributed by atoms with van der Waals surface area (Å²) in [6.45, 7) is 4.08. The first kappa shape index (κ1) is 26.6. The number of aromatic nitrogens is 3. The summed E-state index contributed by atoms with van der Waals surface area (Å²) in [6, 6.07) is 2.14. The molecule has 1 N–H and O–H groups in total. The van der Waals surface area contributed by atoms with Gasteiger partial charge in [-0.3, -0.25) is 9.59 Å². The van der Waals surface area contributed by atoms with Crippen LogP contribution in [0.15, 0.2) is 34.0 Å². The Morgan fingerprint density at radius 2 is 1.92 bits per heavy atom. The van der Waals surface area contributed by atoms with Crippen LogP contribution in [0.3, 0.4) is 0 Å². The molecular formula is C25H29F4N5O3. The van der Waals surface area contributed by atoms with Crippen LogP contribution in [0, 0.1) is 5.82 Å². The highest BCUT2D eigenvalue weighted by atomic mass is 19.4. The van der Waals surface area contributed by atoms with E-state index in [-0.39, 0.29) is 28.0 Å². The molecule has 0 bridgehead atoms. The van der Waals surface area contributed by atoms with Crippen molar-refractivity contribution in [2.24, 2.45) is 7.05 Å². The molecule has 0 amide bonds. The number of methoxy groups -OCH3 is 1. The van der Waals surface area contributed by atoms with Crippen LogP contribution in [0.25, 0.3) is 10.8 Å². The summed E-state index contributed by atoms with van der Waals surface area (Å²) in [7, 11) is 4.62. The molecule has 4 rings (SSSR count). The van der Waals surface area contributed by atoms with Gasteiger partial charge in [-0.1, -0.05) is 12.1 Å². The minimum atomic E-state index is -4.85. The van der Waals surface area contributed by atoms with Crippen LogP contribution in [0.1, 0.15) is 43.9 Å². The molecule has 3 aromatic rings. The standard InChI is InChI=1S/C25H29F4N5O3/c1-14(15-7-6-8-17(19(15)26)25(27,28)29)30-21-16-13-34(24(2)9-10-24)23(36)20(32(3)11-12-37-5)18(16)22(35)33(4)31-21/h6-8,13-14H,9-12H2,1-5H3,(H,30,31)/t14-/m1/s1. The molecule has 0 aliphatic heterocycles. The lowest BCUT2D eigenvalue weighted by Gasteiger charge is -2.25. The number of aryl methyl sites for hydroxylation is 1. The first-order valence-corrected chi connectivity index (χ1v) is 11.8. The third kappa shape index (κ3) is 4.81. The number of fused-ring (bicyclic) bond motifs is 1. The van der Waals surface area contributed by atoms with Gasteiger partial charge in [0.25, 0.3) is 11.1 Å². The van der Waals surface area contributed by atoms with E-state index in [9.17, 15) is 27.2 Å². The van der Waals surface area contributed by atoms with Gasteiger partial charge in [0.1, 0.15) is 11.5 Å². The zero-order chi connectivity index (χ0) is 27.3. The number of nitrogens with zero attached hydrogens (tertiary/aromatic N) is 4. The molecule has 0 radical (unpaired) electrons. The molecular weight excluding hydrogens is 494 g/mol. The summed E-state index contributed by atoms with van der Waals surface area (Å²) in [6.07, 6.45) is -1.75. The molecule has 0 saturated heterocycles. The Morgan fingerprint density at radius 1 is 1.24 bits per heavy atom. The average Bonchev–Trinajstić information content (AvgIpc) is 3.57. The van der Waals surface area contributed by atoms with Gasteiger partial charge >= 0.3 is 6.18 Å². The van der Waals surface area contributed by atoms with Gasteiger partial charge in [-0.05, 0) is 32.8 Å². The van der Waals surface area contributed by atoms with Crippen molar-refractivity contribution in [3.05, 3.63) is 62.0 Å². The van der Waals surface area contributed by atoms with Gasteiger partial charge in [-0.2, -0.15) is 18.3 Å². The fourth-order valence-electron chi connectivity index (χ4n) is 4.42. The van der Waals surface area contributed by atoms with Crippen LogP contribution in [0.4, 0.5) is 29.1 Å². The highest BCUT2D eigenvalue weighted by molar-refractivity contribution is 5.99. The van der Waals surface area contributed by atoms with Crippen molar-refractivity contribution in [1.82, 2.24) is 14.3 Å². The number of rotatable bonds is 8. The Morgan fingerprint density at radius 3 is 2.51 bits per heavy atom. The Labute approximate surface area is 210 Å². The van der Waals surface area contributed by atoms with Gasteiger partial charge in [-0.15, -0.1) is 0 Å². The van der Waals surface area contributed by atoms with Crippen LogP contribution in [-0.4, -0.2) is 41.7 Å². The van der Waals surface area contributed by atoms with Crippen LogP contribution in [-0.2, 0) is 23.5 Å². The molecule has 200 valence electrons. The third-order valence-electron chi connectivity index (χ3n) is 6.92. The Balaban J connectivity index is 1.92. The number of alkyl halides is 3. The molecule has 1 saturated carbocycles. The lowest BCUT2D eigenvalue weighted by atomic mass is 10.0. The van der Waals surface area contributed by atoms with Crippen molar-refractivity contribution in [2.45, 2.75) is 44.4 Å². The number of anilines is 2. The second-order valence-corrected chi connectivity index (χ2v) is 9.70. The molecule has 1 fully saturated rings. The van der Waals surface area contributed by atoms with Gasteiger partial charge in [0.2, 0.25) is 0 Å². The van der Waals surface area contributed by atoms with E-state index in [4.69, 9.17) is 4.74 Å². The highest BCUT2D eigenvalue weighted by Gasteiger charge is 2.41. The zero-order valence-electron chi connectivity index (χ0n) is 21.2. The quantitative estimate of drug-likeness (QED) is 0.450. The summed E-state index contributed by atoms with van der Waals surface area (Å²) in [5.41, 5.74) is -2.68. The Kier molecular flexibility index (Phi) is 6.82. The maximum absolute atomic E-state index is 14.8. The van der Waals surface area contributed by atoms with Crippen molar-refractivity contribution in [1.29, 1.82) is 0 Å². The van der Waals surface area contributed by atoms with E-state index in [1.165, 1.54) is 27.1 Å². The number of hydrogen-bond donors (Lipinski definition) is 1. The fourth-order valence-corrected chi connectivity index (χ4v) is 4.42. The lowest BCUT2D eigenvalue weighted by Crippen LogP contribution is -2.37. The van der Waals surface area contributed by atoms with Crippen molar-refractivity contribution in [2.75, 3.05) is 37.5 Å². The van der Waals surface area contributed by atoms with E-state index < -0.39 is 34.7 Å². The second-order valence-electron chi connectivity index (χ2n) is 9.70. The normalized spacial score (nSPS) is 15.6. The number of halogens is 4. The molecule has 1 aliphatic carbocycles. The highest BCUT2D eigenvalue weighted by Crippen LogP contribution is 2.43. The Hall–Kier alpha value is -3.41. The van der Waals surface area contributed by atoms with Gasteiger partial charge in [0.05, 0.1) is 29.0 Å².